The normalized spacial score (nSPS) is 10.4. The number of nitrogens with one attached hydrogen (secondary N) is 2. The fraction of sp³-hybridized carbons (Fsp3) is 0.278. The number of benzene rings is 2. The summed E-state index contributed by atoms with van der Waals surface area (Å²) in [6.45, 7) is 4.24. The summed E-state index contributed by atoms with van der Waals surface area (Å²) in [5.74, 6) is -1.45. The van der Waals surface area contributed by atoms with Gasteiger partial charge in [-0.15, -0.1) is 0 Å². The summed E-state index contributed by atoms with van der Waals surface area (Å²) < 4.78 is 26.3. The van der Waals surface area contributed by atoms with E-state index in [1.165, 1.54) is 12.1 Å². The van der Waals surface area contributed by atoms with Crippen LogP contribution in [0.5, 0.6) is 0 Å². The minimum atomic E-state index is -0.669. The summed E-state index contributed by atoms with van der Waals surface area (Å²) in [5, 5.41) is 5.70. The molecule has 0 radical (unpaired) electrons. The molecule has 0 fully saturated rings. The number of anilines is 2. The van der Waals surface area contributed by atoms with Crippen LogP contribution in [0.2, 0.25) is 0 Å². The molecule has 0 aromatic heterocycles. The Balaban J connectivity index is 1.91. The lowest BCUT2D eigenvalue weighted by Gasteiger charge is -2.13. The molecule has 1 amide bonds. The predicted molar refractivity (Wildman–Crippen MR) is 88.7 cm³/mol. The summed E-state index contributed by atoms with van der Waals surface area (Å²) in [7, 11) is 0. The first kappa shape index (κ1) is 16.9. The van der Waals surface area contributed by atoms with Gasteiger partial charge >= 0.3 is 0 Å². The topological polar surface area (TPSA) is 41.1 Å². The van der Waals surface area contributed by atoms with Gasteiger partial charge in [0.15, 0.2) is 0 Å². The molecule has 0 unspecified atom stereocenters. The van der Waals surface area contributed by atoms with Crippen molar-refractivity contribution in [2.45, 2.75) is 26.7 Å². The van der Waals surface area contributed by atoms with Crippen molar-refractivity contribution < 1.29 is 13.6 Å². The van der Waals surface area contributed by atoms with Crippen LogP contribution < -0.4 is 10.6 Å². The minimum Gasteiger partial charge on any atom is -0.382 e. The second-order valence-corrected chi connectivity index (χ2v) is 5.31. The molecule has 122 valence electrons. The lowest BCUT2D eigenvalue weighted by molar-refractivity contribution is -0.116. The van der Waals surface area contributed by atoms with E-state index in [9.17, 15) is 13.6 Å². The van der Waals surface area contributed by atoms with Crippen molar-refractivity contribution in [3.63, 3.8) is 0 Å². The van der Waals surface area contributed by atoms with Crippen LogP contribution in [0.15, 0.2) is 36.4 Å². The molecule has 0 saturated carbocycles. The summed E-state index contributed by atoms with van der Waals surface area (Å²) in [6.07, 6.45) is 1.02. The summed E-state index contributed by atoms with van der Waals surface area (Å²) in [6, 6.07) is 9.19. The van der Waals surface area contributed by atoms with Crippen molar-refractivity contribution in [3.05, 3.63) is 59.2 Å². The molecule has 0 spiro atoms. The van der Waals surface area contributed by atoms with Gasteiger partial charge in [0.1, 0.15) is 11.6 Å². The molecule has 2 aromatic rings. The van der Waals surface area contributed by atoms with Crippen LogP contribution in [0, 0.1) is 18.6 Å². The number of hydrogen-bond donors (Lipinski definition) is 2. The van der Waals surface area contributed by atoms with Crippen LogP contribution in [-0.4, -0.2) is 12.5 Å². The third-order valence-electron chi connectivity index (χ3n) is 3.60. The number of carbonyl (C=O) groups is 1. The Morgan fingerprint density at radius 3 is 2.65 bits per heavy atom. The van der Waals surface area contributed by atoms with Crippen molar-refractivity contribution in [3.8, 4) is 0 Å². The van der Waals surface area contributed by atoms with E-state index in [1.54, 1.807) is 0 Å². The van der Waals surface area contributed by atoms with Gasteiger partial charge in [-0.3, -0.25) is 4.79 Å². The number of amides is 1. The Labute approximate surface area is 134 Å². The zero-order valence-corrected chi connectivity index (χ0v) is 13.2. The van der Waals surface area contributed by atoms with Crippen LogP contribution in [0.3, 0.4) is 0 Å². The van der Waals surface area contributed by atoms with Gasteiger partial charge in [0.2, 0.25) is 5.91 Å². The molecule has 2 aromatic carbocycles. The van der Waals surface area contributed by atoms with Crippen molar-refractivity contribution in [2.75, 3.05) is 17.2 Å². The van der Waals surface area contributed by atoms with Gasteiger partial charge in [0.05, 0.1) is 5.69 Å². The first-order valence-electron chi connectivity index (χ1n) is 7.58. The second kappa shape index (κ2) is 7.72. The average Bonchev–Trinajstić information content (AvgIpc) is 2.51. The zero-order valence-electron chi connectivity index (χ0n) is 13.2. The molecule has 0 aliphatic carbocycles. The molecule has 2 N–H and O–H groups in total. The molecule has 2 rings (SSSR count). The van der Waals surface area contributed by atoms with Gasteiger partial charge in [-0.2, -0.15) is 0 Å². The highest BCUT2D eigenvalue weighted by atomic mass is 19.1. The van der Waals surface area contributed by atoms with Gasteiger partial charge < -0.3 is 10.6 Å². The average molecular weight is 318 g/mol. The van der Waals surface area contributed by atoms with E-state index in [2.05, 4.69) is 10.6 Å². The molecule has 5 heteroatoms. The van der Waals surface area contributed by atoms with Gasteiger partial charge in [0.25, 0.3) is 0 Å². The third kappa shape index (κ3) is 4.52. The van der Waals surface area contributed by atoms with Crippen LogP contribution in [-0.2, 0) is 11.2 Å². The SMILES string of the molecule is CCc1cccc(C)c1NC(=O)CCNc1ccc(F)cc1F. The number of aryl methyl sites for hydroxylation is 2. The predicted octanol–water partition coefficient (Wildman–Crippen LogP) is 4.28. The molecule has 3 nitrogen and oxygen atoms in total. The van der Waals surface area contributed by atoms with E-state index in [-0.39, 0.29) is 24.6 Å². The number of halogens is 2. The van der Waals surface area contributed by atoms with Gasteiger partial charge in [0, 0.05) is 24.7 Å². The fourth-order valence-electron chi connectivity index (χ4n) is 2.35. The molecule has 0 saturated heterocycles. The summed E-state index contributed by atoms with van der Waals surface area (Å²) in [5.41, 5.74) is 3.11. The van der Waals surface area contributed by atoms with Crippen molar-refractivity contribution >= 4 is 17.3 Å². The Morgan fingerprint density at radius 2 is 1.96 bits per heavy atom. The van der Waals surface area contributed by atoms with E-state index < -0.39 is 11.6 Å². The van der Waals surface area contributed by atoms with Crippen LogP contribution in [0.25, 0.3) is 0 Å². The highest BCUT2D eigenvalue weighted by molar-refractivity contribution is 5.92. The molecular weight excluding hydrogens is 298 g/mol. The molecule has 23 heavy (non-hydrogen) atoms. The maximum Gasteiger partial charge on any atom is 0.226 e. The van der Waals surface area contributed by atoms with E-state index in [4.69, 9.17) is 0 Å². The zero-order chi connectivity index (χ0) is 16.8. The number of rotatable bonds is 6. The van der Waals surface area contributed by atoms with Crippen molar-refractivity contribution in [2.24, 2.45) is 0 Å². The van der Waals surface area contributed by atoms with E-state index in [1.807, 2.05) is 32.0 Å². The maximum absolute atomic E-state index is 13.5. The summed E-state index contributed by atoms with van der Waals surface area (Å²) in [4.78, 5) is 12.1. The minimum absolute atomic E-state index is 0.149. The van der Waals surface area contributed by atoms with Crippen LogP contribution in [0.4, 0.5) is 20.2 Å². The quantitative estimate of drug-likeness (QED) is 0.835. The lowest BCUT2D eigenvalue weighted by Crippen LogP contribution is -2.18. The molecule has 0 aliphatic rings. The Hall–Kier alpha value is -2.43. The largest absolute Gasteiger partial charge is 0.382 e. The van der Waals surface area contributed by atoms with Gasteiger partial charge in [-0.25, -0.2) is 8.78 Å². The first-order chi connectivity index (χ1) is 11.0. The molecular formula is C18H20F2N2O. The van der Waals surface area contributed by atoms with Gasteiger partial charge in [-0.1, -0.05) is 25.1 Å². The first-order valence-corrected chi connectivity index (χ1v) is 7.58. The molecule has 0 aliphatic heterocycles. The number of para-hydroxylation sites is 1. The van der Waals surface area contributed by atoms with E-state index in [0.717, 1.165) is 29.3 Å². The highest BCUT2D eigenvalue weighted by Gasteiger charge is 2.09. The molecule has 0 atom stereocenters. The molecule has 0 heterocycles. The number of hydrogen-bond acceptors (Lipinski definition) is 2. The summed E-state index contributed by atoms with van der Waals surface area (Å²) >= 11 is 0. The van der Waals surface area contributed by atoms with Gasteiger partial charge in [-0.05, 0) is 36.6 Å². The van der Waals surface area contributed by atoms with Crippen molar-refractivity contribution in [1.82, 2.24) is 0 Å². The van der Waals surface area contributed by atoms with Crippen LogP contribution >= 0.6 is 0 Å². The van der Waals surface area contributed by atoms with Crippen molar-refractivity contribution in [1.29, 1.82) is 0 Å². The third-order valence-corrected chi connectivity index (χ3v) is 3.60. The molecule has 0 bridgehead atoms. The Bertz CT molecular complexity index is 701. The lowest BCUT2D eigenvalue weighted by atomic mass is 10.1. The monoisotopic (exact) mass is 318 g/mol. The maximum atomic E-state index is 13.5. The second-order valence-electron chi connectivity index (χ2n) is 5.31. The Kier molecular flexibility index (Phi) is 5.68. The standard InChI is InChI=1S/C18H20F2N2O/c1-3-13-6-4-5-12(2)18(13)22-17(23)9-10-21-16-8-7-14(19)11-15(16)20/h4-8,11,21H,3,9-10H2,1-2H3,(H,22,23). The highest BCUT2D eigenvalue weighted by Crippen LogP contribution is 2.21. The number of carbonyl (C=O) groups excluding carboxylic acids is 1. The Morgan fingerprint density at radius 1 is 1.17 bits per heavy atom. The fourth-order valence-corrected chi connectivity index (χ4v) is 2.35. The smallest absolute Gasteiger partial charge is 0.226 e. The van der Waals surface area contributed by atoms with E-state index >= 15 is 0 Å². The van der Waals surface area contributed by atoms with Crippen LogP contribution in [0.1, 0.15) is 24.5 Å². The van der Waals surface area contributed by atoms with E-state index in [0.29, 0.717) is 0 Å².